The predicted molar refractivity (Wildman–Crippen MR) is 45.6 cm³/mol. The summed E-state index contributed by atoms with van der Waals surface area (Å²) in [4.78, 5) is 26.1. The minimum absolute atomic E-state index is 0.0913. The van der Waals surface area contributed by atoms with Crippen LogP contribution in [0.1, 0.15) is 13.8 Å². The summed E-state index contributed by atoms with van der Waals surface area (Å²) in [6.07, 6.45) is 0.0115. The number of carbonyl (C=O) groups is 2. The Morgan fingerprint density at radius 1 is 1.36 bits per heavy atom. The van der Waals surface area contributed by atoms with E-state index in [-0.39, 0.29) is 6.61 Å². The van der Waals surface area contributed by atoms with Crippen LogP contribution < -0.4 is 0 Å². The van der Waals surface area contributed by atoms with Crippen LogP contribution in [0, 0.1) is 0 Å². The maximum Gasteiger partial charge on any atom is 0.303 e. The molecular formula is C8H11NO5. The number of hydrogen-bond donors (Lipinski definition) is 0. The van der Waals surface area contributed by atoms with Gasteiger partial charge in [-0.25, -0.2) is 0 Å². The highest BCUT2D eigenvalue weighted by molar-refractivity contribution is 5.73. The van der Waals surface area contributed by atoms with E-state index in [4.69, 9.17) is 14.3 Å². The summed E-state index contributed by atoms with van der Waals surface area (Å²) >= 11 is 0. The molecule has 1 aliphatic rings. The molecular weight excluding hydrogens is 190 g/mol. The van der Waals surface area contributed by atoms with Crippen LogP contribution in [0.2, 0.25) is 0 Å². The molecule has 78 valence electrons. The van der Waals surface area contributed by atoms with Crippen LogP contribution in [-0.4, -0.2) is 37.0 Å². The second-order valence-corrected chi connectivity index (χ2v) is 2.77. The highest BCUT2D eigenvalue weighted by Gasteiger charge is 2.29. The molecule has 0 saturated carbocycles. The largest absolute Gasteiger partial charge is 0.454 e. The number of hydrogen-bond acceptors (Lipinski definition) is 6. The topological polar surface area (TPSA) is 74.2 Å². The standard InChI is InChI=1S/C8H11NO5/c1-5(10)13-7-3-9-12-4-8(7)14-6(2)11/h3,7-8H,4H2,1-2H3/t7-,8+/m1/s1. The third kappa shape index (κ3) is 3.04. The molecule has 0 bridgehead atoms. The molecule has 1 aliphatic heterocycles. The second-order valence-electron chi connectivity index (χ2n) is 2.77. The van der Waals surface area contributed by atoms with Crippen LogP contribution >= 0.6 is 0 Å². The molecule has 0 radical (unpaired) electrons. The third-order valence-electron chi connectivity index (χ3n) is 1.51. The lowest BCUT2D eigenvalue weighted by Crippen LogP contribution is -2.41. The molecule has 0 amide bonds. The van der Waals surface area contributed by atoms with Gasteiger partial charge in [0.25, 0.3) is 0 Å². The molecule has 0 spiro atoms. The number of oxime groups is 1. The van der Waals surface area contributed by atoms with Crippen molar-refractivity contribution >= 4 is 18.2 Å². The minimum Gasteiger partial charge on any atom is -0.454 e. The number of ether oxygens (including phenoxy) is 2. The van der Waals surface area contributed by atoms with Crippen LogP contribution in [0.15, 0.2) is 5.16 Å². The van der Waals surface area contributed by atoms with Crippen molar-refractivity contribution in [3.05, 3.63) is 0 Å². The lowest BCUT2D eigenvalue weighted by Gasteiger charge is -2.24. The zero-order valence-corrected chi connectivity index (χ0v) is 7.93. The molecule has 0 aromatic carbocycles. The van der Waals surface area contributed by atoms with Gasteiger partial charge in [-0.3, -0.25) is 9.59 Å². The number of nitrogens with zero attached hydrogens (tertiary/aromatic N) is 1. The van der Waals surface area contributed by atoms with Crippen molar-refractivity contribution in [2.24, 2.45) is 5.16 Å². The van der Waals surface area contributed by atoms with E-state index in [1.54, 1.807) is 0 Å². The lowest BCUT2D eigenvalue weighted by atomic mass is 10.2. The van der Waals surface area contributed by atoms with Gasteiger partial charge in [-0.15, -0.1) is 0 Å². The fraction of sp³-hybridized carbons (Fsp3) is 0.625. The monoisotopic (exact) mass is 201 g/mol. The Balaban J connectivity index is 2.57. The summed E-state index contributed by atoms with van der Waals surface area (Å²) in [6.45, 7) is 2.64. The minimum atomic E-state index is -0.662. The van der Waals surface area contributed by atoms with E-state index in [9.17, 15) is 9.59 Å². The summed E-state index contributed by atoms with van der Waals surface area (Å²) in [7, 11) is 0. The normalized spacial score (nSPS) is 25.0. The van der Waals surface area contributed by atoms with Crippen LogP contribution in [0.5, 0.6) is 0 Å². The predicted octanol–water partition coefficient (Wildman–Crippen LogP) is -0.134. The van der Waals surface area contributed by atoms with Gasteiger partial charge in [0.05, 0.1) is 6.21 Å². The zero-order chi connectivity index (χ0) is 10.6. The van der Waals surface area contributed by atoms with E-state index < -0.39 is 24.1 Å². The Bertz CT molecular complexity index is 262. The lowest BCUT2D eigenvalue weighted by molar-refractivity contribution is -0.166. The zero-order valence-electron chi connectivity index (χ0n) is 7.93. The Kier molecular flexibility index (Phi) is 3.44. The number of carbonyl (C=O) groups excluding carboxylic acids is 2. The van der Waals surface area contributed by atoms with Crippen molar-refractivity contribution in [1.82, 2.24) is 0 Å². The Hall–Kier alpha value is -1.59. The highest BCUT2D eigenvalue weighted by Crippen LogP contribution is 2.09. The molecule has 2 atom stereocenters. The van der Waals surface area contributed by atoms with Crippen LogP contribution in [-0.2, 0) is 23.9 Å². The average Bonchev–Trinajstić information content (AvgIpc) is 2.06. The molecule has 0 unspecified atom stereocenters. The summed E-state index contributed by atoms with van der Waals surface area (Å²) in [5.41, 5.74) is 0. The Morgan fingerprint density at radius 2 is 2.00 bits per heavy atom. The molecule has 0 aromatic heterocycles. The maximum atomic E-state index is 10.7. The van der Waals surface area contributed by atoms with E-state index in [1.807, 2.05) is 0 Å². The molecule has 0 N–H and O–H groups in total. The smallest absolute Gasteiger partial charge is 0.303 e. The Morgan fingerprint density at radius 3 is 2.57 bits per heavy atom. The SMILES string of the molecule is CC(=O)O[C@H]1CON=C[C@H]1OC(C)=O. The van der Waals surface area contributed by atoms with Gasteiger partial charge in [-0.05, 0) is 0 Å². The van der Waals surface area contributed by atoms with Crippen LogP contribution in [0.25, 0.3) is 0 Å². The Labute approximate surface area is 80.8 Å². The molecule has 1 rings (SSSR count). The van der Waals surface area contributed by atoms with E-state index in [0.717, 1.165) is 0 Å². The number of rotatable bonds is 2. The summed E-state index contributed by atoms with van der Waals surface area (Å²) in [6, 6.07) is 0. The van der Waals surface area contributed by atoms with Gasteiger partial charge in [0.2, 0.25) is 0 Å². The number of esters is 2. The van der Waals surface area contributed by atoms with Gasteiger partial charge >= 0.3 is 11.9 Å². The molecule has 0 saturated heterocycles. The summed E-state index contributed by atoms with van der Waals surface area (Å²) < 4.78 is 9.73. The van der Waals surface area contributed by atoms with Crippen molar-refractivity contribution in [2.75, 3.05) is 6.61 Å². The fourth-order valence-electron chi connectivity index (χ4n) is 1.02. The first-order valence-corrected chi connectivity index (χ1v) is 4.09. The molecule has 0 fully saturated rings. The second kappa shape index (κ2) is 4.59. The third-order valence-corrected chi connectivity index (χ3v) is 1.51. The van der Waals surface area contributed by atoms with E-state index in [2.05, 4.69) is 5.16 Å². The quantitative estimate of drug-likeness (QED) is 0.581. The average molecular weight is 201 g/mol. The van der Waals surface area contributed by atoms with Gasteiger partial charge in [-0.2, -0.15) is 0 Å². The maximum absolute atomic E-state index is 10.7. The van der Waals surface area contributed by atoms with Gasteiger partial charge in [0.15, 0.2) is 18.8 Å². The van der Waals surface area contributed by atoms with E-state index >= 15 is 0 Å². The van der Waals surface area contributed by atoms with E-state index in [0.29, 0.717) is 0 Å². The van der Waals surface area contributed by atoms with Crippen molar-refractivity contribution < 1.29 is 23.9 Å². The van der Waals surface area contributed by atoms with E-state index in [1.165, 1.54) is 20.1 Å². The first-order valence-electron chi connectivity index (χ1n) is 4.09. The van der Waals surface area contributed by atoms with Gasteiger partial charge in [0, 0.05) is 13.8 Å². The van der Waals surface area contributed by atoms with Crippen LogP contribution in [0.4, 0.5) is 0 Å². The van der Waals surface area contributed by atoms with Crippen LogP contribution in [0.3, 0.4) is 0 Å². The first-order chi connectivity index (χ1) is 6.59. The fourth-order valence-corrected chi connectivity index (χ4v) is 1.02. The van der Waals surface area contributed by atoms with Crippen molar-refractivity contribution in [2.45, 2.75) is 26.1 Å². The first kappa shape index (κ1) is 10.5. The molecule has 1 heterocycles. The molecule has 0 aliphatic carbocycles. The molecule has 14 heavy (non-hydrogen) atoms. The molecule has 6 nitrogen and oxygen atoms in total. The van der Waals surface area contributed by atoms with Gasteiger partial charge in [-0.1, -0.05) is 5.16 Å². The van der Waals surface area contributed by atoms with Crippen molar-refractivity contribution in [3.63, 3.8) is 0 Å². The van der Waals surface area contributed by atoms with Crippen molar-refractivity contribution in [3.8, 4) is 0 Å². The van der Waals surface area contributed by atoms with Crippen molar-refractivity contribution in [1.29, 1.82) is 0 Å². The van der Waals surface area contributed by atoms with Gasteiger partial charge < -0.3 is 14.3 Å². The summed E-state index contributed by atoms with van der Waals surface area (Å²) in [5.74, 6) is -0.911. The summed E-state index contributed by atoms with van der Waals surface area (Å²) in [5, 5.41) is 3.48. The highest BCUT2D eigenvalue weighted by atomic mass is 16.7. The molecule has 0 aromatic rings. The van der Waals surface area contributed by atoms with Gasteiger partial charge in [0.1, 0.15) is 0 Å². The molecule has 6 heteroatoms.